The van der Waals surface area contributed by atoms with E-state index in [9.17, 15) is 0 Å². The lowest BCUT2D eigenvalue weighted by Crippen LogP contribution is -2.23. The predicted molar refractivity (Wildman–Crippen MR) is 72.0 cm³/mol. The Morgan fingerprint density at radius 1 is 1.41 bits per heavy atom. The first-order chi connectivity index (χ1) is 8.31. The van der Waals surface area contributed by atoms with E-state index in [0.29, 0.717) is 6.04 Å². The Morgan fingerprint density at radius 2 is 2.18 bits per heavy atom. The number of pyridine rings is 1. The monoisotopic (exact) mass is 232 g/mol. The van der Waals surface area contributed by atoms with E-state index in [0.717, 1.165) is 12.5 Å². The third kappa shape index (κ3) is 3.29. The molecule has 1 N–H and O–H groups in total. The van der Waals surface area contributed by atoms with E-state index in [1.807, 2.05) is 12.4 Å². The van der Waals surface area contributed by atoms with Crippen molar-refractivity contribution < 1.29 is 0 Å². The van der Waals surface area contributed by atoms with E-state index >= 15 is 0 Å². The average Bonchev–Trinajstić information content (AvgIpc) is 2.82. The van der Waals surface area contributed by atoms with Gasteiger partial charge in [-0.1, -0.05) is 32.6 Å². The summed E-state index contributed by atoms with van der Waals surface area (Å²) < 4.78 is 0. The van der Waals surface area contributed by atoms with Crippen molar-refractivity contribution >= 4 is 0 Å². The molecule has 0 radical (unpaired) electrons. The van der Waals surface area contributed by atoms with Crippen molar-refractivity contribution in [2.75, 3.05) is 6.54 Å². The summed E-state index contributed by atoms with van der Waals surface area (Å²) in [5, 5.41) is 3.63. The van der Waals surface area contributed by atoms with Crippen LogP contribution in [0.25, 0.3) is 0 Å². The molecule has 2 rings (SSSR count). The molecule has 0 spiro atoms. The molecule has 1 aliphatic carbocycles. The van der Waals surface area contributed by atoms with Crippen molar-refractivity contribution in [1.29, 1.82) is 0 Å². The molecule has 1 fully saturated rings. The second-order valence-corrected chi connectivity index (χ2v) is 5.23. The van der Waals surface area contributed by atoms with E-state index in [-0.39, 0.29) is 0 Å². The Balaban J connectivity index is 2.08. The molecular weight excluding hydrogens is 208 g/mol. The van der Waals surface area contributed by atoms with Gasteiger partial charge in [0.2, 0.25) is 0 Å². The van der Waals surface area contributed by atoms with Crippen LogP contribution in [0.4, 0.5) is 0 Å². The fourth-order valence-corrected chi connectivity index (χ4v) is 2.99. The summed E-state index contributed by atoms with van der Waals surface area (Å²) >= 11 is 0. The van der Waals surface area contributed by atoms with Crippen LogP contribution in [0, 0.1) is 12.8 Å². The summed E-state index contributed by atoms with van der Waals surface area (Å²) in [6.07, 6.45) is 10.9. The lowest BCUT2D eigenvalue weighted by atomic mass is 9.92. The number of rotatable bonds is 5. The smallest absolute Gasteiger partial charge is 0.0340 e. The maximum absolute atomic E-state index is 4.28. The standard InChI is InChI=1S/C15H24N2/c1-3-17-15(10-13-6-4-5-7-13)14-11-16-9-8-12(14)2/h8-9,11,13,15,17H,3-7,10H2,1-2H3. The summed E-state index contributed by atoms with van der Waals surface area (Å²) in [6, 6.07) is 2.62. The minimum absolute atomic E-state index is 0.497. The van der Waals surface area contributed by atoms with E-state index < -0.39 is 0 Å². The highest BCUT2D eigenvalue weighted by Gasteiger charge is 2.21. The summed E-state index contributed by atoms with van der Waals surface area (Å²) in [5.74, 6) is 0.915. The van der Waals surface area contributed by atoms with Crippen LogP contribution in [0.15, 0.2) is 18.5 Å². The zero-order valence-electron chi connectivity index (χ0n) is 11.1. The Morgan fingerprint density at radius 3 is 2.82 bits per heavy atom. The van der Waals surface area contributed by atoms with E-state index in [2.05, 4.69) is 30.2 Å². The number of hydrogen-bond donors (Lipinski definition) is 1. The maximum Gasteiger partial charge on any atom is 0.0340 e. The van der Waals surface area contributed by atoms with Gasteiger partial charge in [0.05, 0.1) is 0 Å². The highest BCUT2D eigenvalue weighted by molar-refractivity contribution is 5.25. The molecule has 0 aromatic carbocycles. The van der Waals surface area contributed by atoms with E-state index in [4.69, 9.17) is 0 Å². The fraction of sp³-hybridized carbons (Fsp3) is 0.667. The highest BCUT2D eigenvalue weighted by atomic mass is 14.9. The molecule has 1 saturated carbocycles. The van der Waals surface area contributed by atoms with Gasteiger partial charge in [-0.25, -0.2) is 0 Å². The van der Waals surface area contributed by atoms with Gasteiger partial charge in [0, 0.05) is 18.4 Å². The summed E-state index contributed by atoms with van der Waals surface area (Å²) in [4.78, 5) is 4.28. The molecule has 0 saturated heterocycles. The molecule has 1 unspecified atom stereocenters. The minimum Gasteiger partial charge on any atom is -0.310 e. The normalized spacial score (nSPS) is 18.5. The Hall–Kier alpha value is -0.890. The van der Waals surface area contributed by atoms with Crippen LogP contribution in [-0.2, 0) is 0 Å². The van der Waals surface area contributed by atoms with Crippen LogP contribution in [-0.4, -0.2) is 11.5 Å². The number of aryl methyl sites for hydroxylation is 1. The van der Waals surface area contributed by atoms with Gasteiger partial charge in [0.15, 0.2) is 0 Å². The van der Waals surface area contributed by atoms with Crippen LogP contribution in [0.2, 0.25) is 0 Å². The molecular formula is C15H24N2. The molecule has 0 bridgehead atoms. The largest absolute Gasteiger partial charge is 0.310 e. The van der Waals surface area contributed by atoms with Gasteiger partial charge in [0.1, 0.15) is 0 Å². The molecule has 1 heterocycles. The van der Waals surface area contributed by atoms with Crippen LogP contribution in [0.1, 0.15) is 56.2 Å². The number of hydrogen-bond acceptors (Lipinski definition) is 2. The molecule has 17 heavy (non-hydrogen) atoms. The van der Waals surface area contributed by atoms with Crippen molar-refractivity contribution in [2.24, 2.45) is 5.92 Å². The summed E-state index contributed by atoms with van der Waals surface area (Å²) in [5.41, 5.74) is 2.75. The minimum atomic E-state index is 0.497. The van der Waals surface area contributed by atoms with Gasteiger partial charge in [-0.3, -0.25) is 4.98 Å². The second-order valence-electron chi connectivity index (χ2n) is 5.23. The van der Waals surface area contributed by atoms with Crippen LogP contribution >= 0.6 is 0 Å². The third-order valence-corrected chi connectivity index (χ3v) is 3.95. The number of nitrogens with zero attached hydrogens (tertiary/aromatic N) is 1. The quantitative estimate of drug-likeness (QED) is 0.838. The molecule has 94 valence electrons. The van der Waals surface area contributed by atoms with Crippen LogP contribution in [0.5, 0.6) is 0 Å². The van der Waals surface area contributed by atoms with Crippen molar-refractivity contribution in [3.63, 3.8) is 0 Å². The zero-order chi connectivity index (χ0) is 12.1. The SMILES string of the molecule is CCNC(CC1CCCC1)c1cnccc1C. The third-order valence-electron chi connectivity index (χ3n) is 3.95. The van der Waals surface area contributed by atoms with Crippen LogP contribution < -0.4 is 5.32 Å². The molecule has 1 aliphatic rings. The summed E-state index contributed by atoms with van der Waals surface area (Å²) in [6.45, 7) is 5.41. The summed E-state index contributed by atoms with van der Waals surface area (Å²) in [7, 11) is 0. The zero-order valence-corrected chi connectivity index (χ0v) is 11.1. The molecule has 2 heteroatoms. The first-order valence-corrected chi connectivity index (χ1v) is 6.95. The lowest BCUT2D eigenvalue weighted by molar-refractivity contribution is 0.399. The molecule has 1 atom stereocenters. The Labute approximate surface area is 105 Å². The number of aromatic nitrogens is 1. The van der Waals surface area contributed by atoms with Crippen molar-refractivity contribution in [2.45, 2.75) is 52.0 Å². The second kappa shape index (κ2) is 6.15. The maximum atomic E-state index is 4.28. The highest BCUT2D eigenvalue weighted by Crippen LogP contribution is 2.33. The van der Waals surface area contributed by atoms with E-state index in [1.165, 1.54) is 43.2 Å². The number of nitrogens with one attached hydrogen (secondary N) is 1. The van der Waals surface area contributed by atoms with Crippen LogP contribution in [0.3, 0.4) is 0 Å². The van der Waals surface area contributed by atoms with E-state index in [1.54, 1.807) is 0 Å². The van der Waals surface area contributed by atoms with Crippen molar-refractivity contribution in [3.05, 3.63) is 29.6 Å². The average molecular weight is 232 g/mol. The van der Waals surface area contributed by atoms with Gasteiger partial charge < -0.3 is 5.32 Å². The topological polar surface area (TPSA) is 24.9 Å². The first kappa shape index (κ1) is 12.6. The van der Waals surface area contributed by atoms with Gasteiger partial charge >= 0.3 is 0 Å². The van der Waals surface area contributed by atoms with Gasteiger partial charge in [0.25, 0.3) is 0 Å². The van der Waals surface area contributed by atoms with Gasteiger partial charge in [-0.15, -0.1) is 0 Å². The predicted octanol–water partition coefficient (Wildman–Crippen LogP) is 3.62. The van der Waals surface area contributed by atoms with Gasteiger partial charge in [-0.05, 0) is 43.0 Å². The molecule has 2 nitrogen and oxygen atoms in total. The molecule has 1 aromatic rings. The lowest BCUT2D eigenvalue weighted by Gasteiger charge is -2.23. The molecule has 1 aromatic heterocycles. The Bertz CT molecular complexity index is 343. The molecule has 0 aliphatic heterocycles. The fourth-order valence-electron chi connectivity index (χ4n) is 2.99. The van der Waals surface area contributed by atoms with Crippen molar-refractivity contribution in [1.82, 2.24) is 10.3 Å². The van der Waals surface area contributed by atoms with Gasteiger partial charge in [-0.2, -0.15) is 0 Å². The molecule has 0 amide bonds. The van der Waals surface area contributed by atoms with Crippen molar-refractivity contribution in [3.8, 4) is 0 Å². The first-order valence-electron chi connectivity index (χ1n) is 6.95. The Kier molecular flexibility index (Phi) is 4.55.